The zero-order valence-corrected chi connectivity index (χ0v) is 13.7. The molecular weight excluding hydrogens is 316 g/mol. The van der Waals surface area contributed by atoms with Gasteiger partial charge in [-0.2, -0.15) is 0 Å². The third kappa shape index (κ3) is 3.83. The van der Waals surface area contributed by atoms with E-state index in [1.54, 1.807) is 18.3 Å². The Morgan fingerprint density at radius 3 is 2.78 bits per heavy atom. The van der Waals surface area contributed by atoms with Crippen LogP contribution in [0.4, 0.5) is 5.82 Å². The smallest absolute Gasteiger partial charge is 0.287 e. The summed E-state index contributed by atoms with van der Waals surface area (Å²) in [5.74, 6) is 0.850. The summed E-state index contributed by atoms with van der Waals surface area (Å²) < 4.78 is 5.11. The van der Waals surface area contributed by atoms with Gasteiger partial charge < -0.3 is 19.5 Å². The Kier molecular flexibility index (Phi) is 4.83. The van der Waals surface area contributed by atoms with E-state index in [0.717, 1.165) is 37.6 Å². The van der Waals surface area contributed by atoms with Crippen molar-refractivity contribution in [2.45, 2.75) is 6.54 Å². The molecule has 0 aromatic carbocycles. The van der Waals surface area contributed by atoms with Gasteiger partial charge >= 0.3 is 0 Å². The quantitative estimate of drug-likeness (QED) is 0.926. The Hall–Kier alpha value is -2.05. The molecule has 1 aliphatic heterocycles. The first-order valence-electron chi connectivity index (χ1n) is 7.54. The molecule has 1 amide bonds. The number of rotatable bonds is 4. The van der Waals surface area contributed by atoms with Gasteiger partial charge in [0.1, 0.15) is 5.82 Å². The lowest BCUT2D eigenvalue weighted by Gasteiger charge is -2.34. The van der Waals surface area contributed by atoms with Crippen LogP contribution >= 0.6 is 11.6 Å². The van der Waals surface area contributed by atoms with Crippen LogP contribution in [-0.2, 0) is 6.54 Å². The lowest BCUT2D eigenvalue weighted by Crippen LogP contribution is -2.45. The first-order valence-corrected chi connectivity index (χ1v) is 7.92. The monoisotopic (exact) mass is 334 g/mol. The van der Waals surface area contributed by atoms with E-state index in [4.69, 9.17) is 16.0 Å². The number of amides is 1. The molecule has 1 N–H and O–H groups in total. The topological polar surface area (TPSA) is 61.6 Å². The molecule has 0 atom stereocenters. The van der Waals surface area contributed by atoms with Gasteiger partial charge in [0.2, 0.25) is 0 Å². The van der Waals surface area contributed by atoms with Gasteiger partial charge in [0, 0.05) is 44.5 Å². The molecular formula is C16H19ClN4O2. The van der Waals surface area contributed by atoms with E-state index in [-0.39, 0.29) is 16.9 Å². The Morgan fingerprint density at radius 2 is 2.09 bits per heavy atom. The number of aromatic nitrogens is 1. The second-order valence-electron chi connectivity index (χ2n) is 5.56. The first kappa shape index (κ1) is 15.8. The van der Waals surface area contributed by atoms with Crippen LogP contribution in [0.5, 0.6) is 0 Å². The van der Waals surface area contributed by atoms with Gasteiger partial charge in [-0.15, -0.1) is 0 Å². The Balaban J connectivity index is 1.67. The SMILES string of the molecule is CN1CCN(c2ncccc2CNC(=O)c2ccc(Cl)o2)CC1. The number of carbonyl (C=O) groups is 1. The minimum absolute atomic E-state index is 0.203. The van der Waals surface area contributed by atoms with Crippen molar-refractivity contribution >= 4 is 23.3 Å². The highest BCUT2D eigenvalue weighted by Crippen LogP contribution is 2.19. The lowest BCUT2D eigenvalue weighted by molar-refractivity contribution is 0.0923. The van der Waals surface area contributed by atoms with Crippen molar-refractivity contribution in [3.8, 4) is 0 Å². The number of nitrogens with zero attached hydrogens (tertiary/aromatic N) is 3. The number of furan rings is 1. The maximum Gasteiger partial charge on any atom is 0.287 e. The number of hydrogen-bond donors (Lipinski definition) is 1. The molecule has 122 valence electrons. The number of likely N-dealkylation sites (N-methyl/N-ethyl adjacent to an activating group) is 1. The molecule has 0 saturated carbocycles. The van der Waals surface area contributed by atoms with E-state index >= 15 is 0 Å². The molecule has 1 saturated heterocycles. The van der Waals surface area contributed by atoms with Crippen molar-refractivity contribution in [2.24, 2.45) is 0 Å². The molecule has 3 rings (SSSR count). The molecule has 1 aliphatic rings. The van der Waals surface area contributed by atoms with Gasteiger partial charge in [-0.05, 0) is 36.8 Å². The first-order chi connectivity index (χ1) is 11.1. The Bertz CT molecular complexity index is 680. The third-order valence-corrected chi connectivity index (χ3v) is 4.11. The Labute approximate surface area is 140 Å². The molecule has 3 heterocycles. The van der Waals surface area contributed by atoms with E-state index in [1.165, 1.54) is 0 Å². The van der Waals surface area contributed by atoms with Crippen LogP contribution in [-0.4, -0.2) is 49.0 Å². The average molecular weight is 335 g/mol. The largest absolute Gasteiger partial charge is 0.440 e. The average Bonchev–Trinajstić information content (AvgIpc) is 3.00. The summed E-state index contributed by atoms with van der Waals surface area (Å²) in [6, 6.07) is 6.97. The van der Waals surface area contributed by atoms with E-state index in [9.17, 15) is 4.79 Å². The van der Waals surface area contributed by atoms with Gasteiger partial charge in [0.25, 0.3) is 5.91 Å². The van der Waals surface area contributed by atoms with Crippen LogP contribution < -0.4 is 10.2 Å². The van der Waals surface area contributed by atoms with Gasteiger partial charge in [0.15, 0.2) is 11.0 Å². The van der Waals surface area contributed by atoms with Crippen LogP contribution in [0.1, 0.15) is 16.1 Å². The fourth-order valence-electron chi connectivity index (χ4n) is 2.57. The lowest BCUT2D eigenvalue weighted by atomic mass is 10.2. The van der Waals surface area contributed by atoms with Crippen molar-refractivity contribution in [2.75, 3.05) is 38.1 Å². The number of carbonyl (C=O) groups excluding carboxylic acids is 1. The van der Waals surface area contributed by atoms with Gasteiger partial charge in [-0.25, -0.2) is 4.98 Å². The molecule has 0 radical (unpaired) electrons. The zero-order valence-electron chi connectivity index (χ0n) is 13.0. The third-order valence-electron chi connectivity index (χ3n) is 3.91. The summed E-state index contributed by atoms with van der Waals surface area (Å²) in [6.07, 6.45) is 1.78. The minimum atomic E-state index is -0.287. The number of piperazine rings is 1. The molecule has 0 unspecified atom stereocenters. The van der Waals surface area contributed by atoms with Crippen molar-refractivity contribution in [1.29, 1.82) is 0 Å². The summed E-state index contributed by atoms with van der Waals surface area (Å²) in [5.41, 5.74) is 0.989. The number of anilines is 1. The summed E-state index contributed by atoms with van der Waals surface area (Å²) in [5, 5.41) is 3.05. The highest BCUT2D eigenvalue weighted by atomic mass is 35.5. The molecule has 0 bridgehead atoms. The van der Waals surface area contributed by atoms with Crippen molar-refractivity contribution in [1.82, 2.24) is 15.2 Å². The second kappa shape index (κ2) is 7.02. The van der Waals surface area contributed by atoms with Crippen LogP contribution in [0, 0.1) is 0 Å². The van der Waals surface area contributed by atoms with E-state index in [2.05, 4.69) is 27.1 Å². The molecule has 0 spiro atoms. The standard InChI is InChI=1S/C16H19ClN4O2/c1-20-7-9-21(10-8-20)15-12(3-2-6-18-15)11-19-16(22)13-4-5-14(17)23-13/h2-6H,7-11H2,1H3,(H,19,22). The van der Waals surface area contributed by atoms with E-state index in [0.29, 0.717) is 6.54 Å². The molecule has 2 aromatic rings. The second-order valence-corrected chi connectivity index (χ2v) is 5.94. The predicted octanol–water partition coefficient (Wildman–Crippen LogP) is 2.01. The van der Waals surface area contributed by atoms with E-state index in [1.807, 2.05) is 12.1 Å². The highest BCUT2D eigenvalue weighted by molar-refractivity contribution is 6.29. The van der Waals surface area contributed by atoms with Gasteiger partial charge in [0.05, 0.1) is 0 Å². The van der Waals surface area contributed by atoms with Crippen molar-refractivity contribution < 1.29 is 9.21 Å². The summed E-state index contributed by atoms with van der Waals surface area (Å²) in [7, 11) is 2.12. The minimum Gasteiger partial charge on any atom is -0.440 e. The fraction of sp³-hybridized carbons (Fsp3) is 0.375. The summed E-state index contributed by atoms with van der Waals surface area (Å²) >= 11 is 5.69. The van der Waals surface area contributed by atoms with Crippen LogP contribution in [0.3, 0.4) is 0 Å². The molecule has 7 heteroatoms. The number of hydrogen-bond acceptors (Lipinski definition) is 5. The number of nitrogens with one attached hydrogen (secondary N) is 1. The summed E-state index contributed by atoms with van der Waals surface area (Å²) in [4.78, 5) is 21.1. The normalized spacial score (nSPS) is 15.7. The summed E-state index contributed by atoms with van der Waals surface area (Å²) in [6.45, 7) is 4.28. The zero-order chi connectivity index (χ0) is 16.2. The van der Waals surface area contributed by atoms with E-state index < -0.39 is 0 Å². The molecule has 23 heavy (non-hydrogen) atoms. The molecule has 6 nitrogen and oxygen atoms in total. The molecule has 0 aliphatic carbocycles. The van der Waals surface area contributed by atoms with Crippen LogP contribution in [0.25, 0.3) is 0 Å². The van der Waals surface area contributed by atoms with Gasteiger partial charge in [-0.1, -0.05) is 6.07 Å². The van der Waals surface area contributed by atoms with Crippen molar-refractivity contribution in [3.05, 3.63) is 47.0 Å². The highest BCUT2D eigenvalue weighted by Gasteiger charge is 2.18. The predicted molar refractivity (Wildman–Crippen MR) is 88.8 cm³/mol. The molecule has 2 aromatic heterocycles. The fourth-order valence-corrected chi connectivity index (χ4v) is 2.72. The van der Waals surface area contributed by atoms with Crippen LogP contribution in [0.15, 0.2) is 34.9 Å². The van der Waals surface area contributed by atoms with Crippen molar-refractivity contribution in [3.63, 3.8) is 0 Å². The number of pyridine rings is 1. The maximum atomic E-state index is 12.1. The number of halogens is 1. The maximum absolute atomic E-state index is 12.1. The molecule has 1 fully saturated rings. The Morgan fingerprint density at radius 1 is 1.30 bits per heavy atom. The van der Waals surface area contributed by atoms with Gasteiger partial charge in [-0.3, -0.25) is 4.79 Å². The van der Waals surface area contributed by atoms with Crippen LogP contribution in [0.2, 0.25) is 5.22 Å².